The molecule has 1 saturated heterocycles. The number of nitrogens with zero attached hydrogens (tertiary/aromatic N) is 1. The van der Waals surface area contributed by atoms with Crippen LogP contribution in [0.25, 0.3) is 0 Å². The Hall–Kier alpha value is -1.46. The summed E-state index contributed by atoms with van der Waals surface area (Å²) in [5.41, 5.74) is 1.09. The van der Waals surface area contributed by atoms with Gasteiger partial charge in [-0.3, -0.25) is 9.69 Å². The highest BCUT2D eigenvalue weighted by Crippen LogP contribution is 2.14. The maximum atomic E-state index is 13.4. The summed E-state index contributed by atoms with van der Waals surface area (Å²) in [5.74, 6) is -0.392. The van der Waals surface area contributed by atoms with Crippen molar-refractivity contribution in [1.82, 2.24) is 10.2 Å². The van der Waals surface area contributed by atoms with Gasteiger partial charge in [-0.05, 0) is 44.1 Å². The van der Waals surface area contributed by atoms with E-state index in [9.17, 15) is 9.18 Å². The summed E-state index contributed by atoms with van der Waals surface area (Å²) in [7, 11) is 0. The van der Waals surface area contributed by atoms with E-state index in [1.54, 1.807) is 19.1 Å². The maximum absolute atomic E-state index is 13.4. The summed E-state index contributed by atoms with van der Waals surface area (Å²) in [6, 6.07) is 5.17. The summed E-state index contributed by atoms with van der Waals surface area (Å²) in [4.78, 5) is 14.2. The molecule has 1 aliphatic rings. The Morgan fingerprint density at radius 1 is 1.55 bits per heavy atom. The summed E-state index contributed by atoms with van der Waals surface area (Å²) in [6.07, 6.45) is 1.07. The van der Waals surface area contributed by atoms with Crippen molar-refractivity contribution in [3.63, 3.8) is 0 Å². The molecule has 1 fully saturated rings. The van der Waals surface area contributed by atoms with Gasteiger partial charge in [0.05, 0.1) is 6.54 Å². The lowest BCUT2D eigenvalue weighted by Crippen LogP contribution is -2.41. The van der Waals surface area contributed by atoms with Crippen molar-refractivity contribution in [1.29, 1.82) is 0 Å². The molecule has 1 atom stereocenters. The largest absolute Gasteiger partial charge is 0.325 e. The summed E-state index contributed by atoms with van der Waals surface area (Å²) in [6.45, 7) is 6.87. The Balaban J connectivity index is 1.91. The molecule has 1 aromatic rings. The third-order valence-corrected chi connectivity index (χ3v) is 3.76. The maximum Gasteiger partial charge on any atom is 0.238 e. The number of carbonyl (C=O) groups is 1. The van der Waals surface area contributed by atoms with E-state index in [1.165, 1.54) is 6.07 Å². The fourth-order valence-corrected chi connectivity index (χ4v) is 2.51. The first-order chi connectivity index (χ1) is 9.60. The van der Waals surface area contributed by atoms with Crippen LogP contribution >= 0.6 is 0 Å². The highest BCUT2D eigenvalue weighted by atomic mass is 19.1. The van der Waals surface area contributed by atoms with E-state index in [-0.39, 0.29) is 11.7 Å². The molecule has 0 aromatic heterocycles. The van der Waals surface area contributed by atoms with Gasteiger partial charge < -0.3 is 10.6 Å². The Morgan fingerprint density at radius 3 is 2.95 bits per heavy atom. The first-order valence-corrected chi connectivity index (χ1v) is 7.11. The van der Waals surface area contributed by atoms with Crippen molar-refractivity contribution < 1.29 is 9.18 Å². The van der Waals surface area contributed by atoms with Crippen molar-refractivity contribution in [2.24, 2.45) is 0 Å². The second-order valence-electron chi connectivity index (χ2n) is 5.22. The molecule has 1 amide bonds. The second kappa shape index (κ2) is 6.81. The van der Waals surface area contributed by atoms with Gasteiger partial charge in [0.15, 0.2) is 0 Å². The highest BCUT2D eigenvalue weighted by Gasteiger charge is 2.22. The van der Waals surface area contributed by atoms with E-state index >= 15 is 0 Å². The summed E-state index contributed by atoms with van der Waals surface area (Å²) in [5, 5.41) is 6.06. The Labute approximate surface area is 119 Å². The summed E-state index contributed by atoms with van der Waals surface area (Å²) >= 11 is 0. The molecule has 1 heterocycles. The number of amides is 1. The number of halogens is 1. The normalized spacial score (nSPS) is 18.5. The number of carbonyl (C=O) groups excluding carboxylic acids is 1. The zero-order chi connectivity index (χ0) is 14.5. The van der Waals surface area contributed by atoms with Crippen LogP contribution in [0.15, 0.2) is 18.2 Å². The molecule has 0 aliphatic carbocycles. The molecular formula is C15H22FN3O. The lowest BCUT2D eigenvalue weighted by atomic mass is 10.2. The van der Waals surface area contributed by atoms with Gasteiger partial charge in [0.2, 0.25) is 5.91 Å². The van der Waals surface area contributed by atoms with Crippen LogP contribution in [0.2, 0.25) is 0 Å². The third kappa shape index (κ3) is 3.77. The van der Waals surface area contributed by atoms with E-state index in [0.717, 1.165) is 26.1 Å². The average molecular weight is 279 g/mol. The van der Waals surface area contributed by atoms with Gasteiger partial charge in [0.1, 0.15) is 5.82 Å². The molecule has 5 heteroatoms. The molecule has 2 rings (SSSR count). The third-order valence-electron chi connectivity index (χ3n) is 3.76. The molecule has 2 N–H and O–H groups in total. The minimum atomic E-state index is -0.296. The van der Waals surface area contributed by atoms with E-state index in [0.29, 0.717) is 23.8 Å². The molecule has 1 aliphatic heterocycles. The number of likely N-dealkylation sites (N-methyl/N-ethyl adjacent to an activating group) is 1. The molecular weight excluding hydrogens is 257 g/mol. The number of anilines is 1. The number of nitrogens with one attached hydrogen (secondary N) is 2. The van der Waals surface area contributed by atoms with Gasteiger partial charge in [-0.25, -0.2) is 4.39 Å². The van der Waals surface area contributed by atoms with Crippen LogP contribution in [0, 0.1) is 12.7 Å². The molecule has 0 spiro atoms. The number of hydrogen-bond donors (Lipinski definition) is 2. The number of benzene rings is 1. The molecule has 1 unspecified atom stereocenters. The lowest BCUT2D eigenvalue weighted by molar-refractivity contribution is -0.117. The van der Waals surface area contributed by atoms with Crippen LogP contribution in [0.5, 0.6) is 0 Å². The fraction of sp³-hybridized carbons (Fsp3) is 0.533. The first-order valence-electron chi connectivity index (χ1n) is 7.11. The van der Waals surface area contributed by atoms with Crippen LogP contribution in [0.3, 0.4) is 0 Å². The Morgan fingerprint density at radius 2 is 2.35 bits per heavy atom. The molecule has 4 nitrogen and oxygen atoms in total. The zero-order valence-electron chi connectivity index (χ0n) is 12.1. The van der Waals surface area contributed by atoms with Gasteiger partial charge in [0, 0.05) is 18.3 Å². The molecule has 0 bridgehead atoms. The number of hydrogen-bond acceptors (Lipinski definition) is 3. The van der Waals surface area contributed by atoms with Crippen LogP contribution in [0.4, 0.5) is 10.1 Å². The lowest BCUT2D eigenvalue weighted by Gasteiger charge is -2.26. The number of rotatable bonds is 5. The average Bonchev–Trinajstić information content (AvgIpc) is 2.94. The first kappa shape index (κ1) is 14.9. The quantitative estimate of drug-likeness (QED) is 0.863. The van der Waals surface area contributed by atoms with Gasteiger partial charge in [-0.1, -0.05) is 13.0 Å². The molecule has 0 radical (unpaired) electrons. The number of aryl methyl sites for hydroxylation is 1. The van der Waals surface area contributed by atoms with E-state index < -0.39 is 0 Å². The van der Waals surface area contributed by atoms with Crippen molar-refractivity contribution >= 4 is 11.6 Å². The molecule has 110 valence electrons. The van der Waals surface area contributed by atoms with Gasteiger partial charge in [-0.2, -0.15) is 0 Å². The highest BCUT2D eigenvalue weighted by molar-refractivity contribution is 5.92. The monoisotopic (exact) mass is 279 g/mol. The minimum absolute atomic E-state index is 0.0954. The second-order valence-corrected chi connectivity index (χ2v) is 5.22. The predicted octanol–water partition coefficient (Wildman–Crippen LogP) is 1.76. The summed E-state index contributed by atoms with van der Waals surface area (Å²) < 4.78 is 13.4. The van der Waals surface area contributed by atoms with E-state index in [1.807, 2.05) is 0 Å². The molecule has 0 saturated carbocycles. The smallest absolute Gasteiger partial charge is 0.238 e. The Kier molecular flexibility index (Phi) is 5.09. The SMILES string of the molecule is CCN(CC(=O)Nc1ccc(C)c(F)c1)C1CCNC1. The van der Waals surface area contributed by atoms with E-state index in [4.69, 9.17) is 0 Å². The van der Waals surface area contributed by atoms with Crippen LogP contribution in [-0.2, 0) is 4.79 Å². The Bertz CT molecular complexity index is 472. The molecule has 1 aromatic carbocycles. The van der Waals surface area contributed by atoms with Crippen molar-refractivity contribution in [2.75, 3.05) is 31.5 Å². The topological polar surface area (TPSA) is 44.4 Å². The molecule has 20 heavy (non-hydrogen) atoms. The zero-order valence-corrected chi connectivity index (χ0v) is 12.1. The van der Waals surface area contributed by atoms with Crippen molar-refractivity contribution in [3.8, 4) is 0 Å². The minimum Gasteiger partial charge on any atom is -0.325 e. The van der Waals surface area contributed by atoms with Crippen LogP contribution in [0.1, 0.15) is 18.9 Å². The van der Waals surface area contributed by atoms with Crippen molar-refractivity contribution in [2.45, 2.75) is 26.3 Å². The fourth-order valence-electron chi connectivity index (χ4n) is 2.51. The van der Waals surface area contributed by atoms with Gasteiger partial charge in [0.25, 0.3) is 0 Å². The van der Waals surface area contributed by atoms with Crippen LogP contribution < -0.4 is 10.6 Å². The van der Waals surface area contributed by atoms with E-state index in [2.05, 4.69) is 22.5 Å². The van der Waals surface area contributed by atoms with Gasteiger partial charge in [-0.15, -0.1) is 0 Å². The van der Waals surface area contributed by atoms with Gasteiger partial charge >= 0.3 is 0 Å². The standard InChI is InChI=1S/C15H22FN3O/c1-3-19(13-6-7-17-9-13)10-15(20)18-12-5-4-11(2)14(16)8-12/h4-5,8,13,17H,3,6-7,9-10H2,1-2H3,(H,18,20). The van der Waals surface area contributed by atoms with Crippen LogP contribution in [-0.4, -0.2) is 43.0 Å². The van der Waals surface area contributed by atoms with Crippen molar-refractivity contribution in [3.05, 3.63) is 29.6 Å². The predicted molar refractivity (Wildman–Crippen MR) is 78.3 cm³/mol.